The molecule has 1 N–H and O–H groups in total. The molecule has 2 fully saturated rings. The summed E-state index contributed by atoms with van der Waals surface area (Å²) >= 11 is 0. The Morgan fingerprint density at radius 3 is 2.67 bits per heavy atom. The number of piperidine rings is 2. The van der Waals surface area contributed by atoms with E-state index in [1.165, 1.54) is 31.5 Å². The summed E-state index contributed by atoms with van der Waals surface area (Å²) < 4.78 is 0. The second-order valence-electron chi connectivity index (χ2n) is 8.20. The van der Waals surface area contributed by atoms with Gasteiger partial charge in [0.05, 0.1) is 12.6 Å². The number of amides is 1. The first-order valence-corrected chi connectivity index (χ1v) is 10.4. The van der Waals surface area contributed by atoms with Gasteiger partial charge in [0.15, 0.2) is 0 Å². The Kier molecular flexibility index (Phi) is 7.32. The largest absolute Gasteiger partial charge is 0.351 e. The van der Waals surface area contributed by atoms with Crippen molar-refractivity contribution in [3.05, 3.63) is 35.4 Å². The monoisotopic (exact) mass is 367 g/mol. The van der Waals surface area contributed by atoms with Gasteiger partial charge < -0.3 is 5.32 Å². The lowest BCUT2D eigenvalue weighted by Gasteiger charge is -2.33. The molecule has 1 amide bonds. The molecule has 0 saturated carbocycles. The number of hydrogen-bond donors (Lipinski definition) is 1. The highest BCUT2D eigenvalue weighted by Crippen LogP contribution is 2.19. The summed E-state index contributed by atoms with van der Waals surface area (Å²) in [5, 5.41) is 3.10. The molecule has 27 heavy (non-hydrogen) atoms. The molecule has 2 heterocycles. The molecule has 146 valence electrons. The quantitative estimate of drug-likeness (QED) is 0.785. The van der Waals surface area contributed by atoms with Gasteiger partial charge in [-0.3, -0.25) is 14.6 Å². The summed E-state index contributed by atoms with van der Waals surface area (Å²) in [5.74, 6) is 3.60. The van der Waals surface area contributed by atoms with E-state index in [4.69, 9.17) is 6.42 Å². The fraction of sp³-hybridized carbons (Fsp3) is 0.609. The third-order valence-electron chi connectivity index (χ3n) is 5.85. The highest BCUT2D eigenvalue weighted by molar-refractivity contribution is 5.81. The number of hydrogen-bond acceptors (Lipinski definition) is 3. The number of carbonyl (C=O) groups excluding carboxylic acids is 1. The van der Waals surface area contributed by atoms with Crippen LogP contribution in [-0.4, -0.2) is 47.9 Å². The third-order valence-corrected chi connectivity index (χ3v) is 5.85. The van der Waals surface area contributed by atoms with Gasteiger partial charge in [-0.2, -0.15) is 0 Å². The van der Waals surface area contributed by atoms with Crippen LogP contribution in [0.15, 0.2) is 24.3 Å². The van der Waals surface area contributed by atoms with Crippen LogP contribution in [0.1, 0.15) is 50.2 Å². The van der Waals surface area contributed by atoms with Gasteiger partial charge in [-0.15, -0.1) is 6.42 Å². The maximum atomic E-state index is 12.6. The minimum absolute atomic E-state index is 0.0739. The van der Waals surface area contributed by atoms with Gasteiger partial charge in [0.25, 0.3) is 0 Å². The summed E-state index contributed by atoms with van der Waals surface area (Å²) in [7, 11) is 0. The van der Waals surface area contributed by atoms with E-state index in [2.05, 4.69) is 52.2 Å². The number of benzene rings is 1. The molecule has 3 rings (SSSR count). The summed E-state index contributed by atoms with van der Waals surface area (Å²) in [5.41, 5.74) is 2.50. The summed E-state index contributed by atoms with van der Waals surface area (Å²) in [6.45, 7) is 7.84. The smallest absolute Gasteiger partial charge is 0.237 e. The van der Waals surface area contributed by atoms with Crippen molar-refractivity contribution >= 4 is 5.91 Å². The van der Waals surface area contributed by atoms with Crippen molar-refractivity contribution in [2.75, 3.05) is 26.2 Å². The molecule has 4 nitrogen and oxygen atoms in total. The van der Waals surface area contributed by atoms with E-state index in [0.717, 1.165) is 43.8 Å². The molecule has 2 atom stereocenters. The zero-order valence-electron chi connectivity index (χ0n) is 16.6. The standard InChI is InChI=1S/C23H33N3O/c1-3-13-26-15-5-4-8-22(26)23(27)24-16-20-9-11-21(12-10-20)18-25-14-6-7-19(2)17-25/h1,9-12,19,22H,4-8,13-18H2,2H3,(H,24,27). The molecular weight excluding hydrogens is 334 g/mol. The second kappa shape index (κ2) is 9.92. The topological polar surface area (TPSA) is 35.6 Å². The molecule has 1 aromatic carbocycles. The van der Waals surface area contributed by atoms with E-state index in [0.29, 0.717) is 13.1 Å². The van der Waals surface area contributed by atoms with Crippen molar-refractivity contribution < 1.29 is 4.79 Å². The van der Waals surface area contributed by atoms with E-state index in [-0.39, 0.29) is 11.9 Å². The van der Waals surface area contributed by atoms with Crippen LogP contribution in [-0.2, 0) is 17.9 Å². The molecule has 2 aliphatic heterocycles. The van der Waals surface area contributed by atoms with Crippen molar-refractivity contribution in [2.24, 2.45) is 5.92 Å². The van der Waals surface area contributed by atoms with Gasteiger partial charge in [0.1, 0.15) is 0 Å². The van der Waals surface area contributed by atoms with Gasteiger partial charge in [0, 0.05) is 19.6 Å². The van der Waals surface area contributed by atoms with E-state index in [1.54, 1.807) is 0 Å². The highest BCUT2D eigenvalue weighted by Gasteiger charge is 2.27. The highest BCUT2D eigenvalue weighted by atomic mass is 16.2. The first-order valence-electron chi connectivity index (χ1n) is 10.4. The average Bonchev–Trinajstić information content (AvgIpc) is 2.68. The fourth-order valence-electron chi connectivity index (χ4n) is 4.35. The summed E-state index contributed by atoms with van der Waals surface area (Å²) in [6, 6.07) is 8.61. The van der Waals surface area contributed by atoms with Gasteiger partial charge in [0.2, 0.25) is 5.91 Å². The lowest BCUT2D eigenvalue weighted by Crippen LogP contribution is -2.49. The molecular formula is C23H33N3O. The van der Waals surface area contributed by atoms with E-state index in [9.17, 15) is 4.79 Å². The van der Waals surface area contributed by atoms with Crippen LogP contribution < -0.4 is 5.32 Å². The van der Waals surface area contributed by atoms with Crippen LogP contribution in [0.2, 0.25) is 0 Å². The number of nitrogens with one attached hydrogen (secondary N) is 1. The van der Waals surface area contributed by atoms with E-state index >= 15 is 0 Å². The molecule has 0 radical (unpaired) electrons. The Morgan fingerprint density at radius 1 is 1.15 bits per heavy atom. The molecule has 2 unspecified atom stereocenters. The predicted molar refractivity (Wildman–Crippen MR) is 110 cm³/mol. The van der Waals surface area contributed by atoms with E-state index < -0.39 is 0 Å². The Morgan fingerprint density at radius 2 is 1.93 bits per heavy atom. The van der Waals surface area contributed by atoms with Gasteiger partial charge in [-0.1, -0.05) is 43.5 Å². The minimum Gasteiger partial charge on any atom is -0.351 e. The lowest BCUT2D eigenvalue weighted by atomic mass is 9.99. The molecule has 0 bridgehead atoms. The van der Waals surface area contributed by atoms with Crippen LogP contribution in [0, 0.1) is 18.3 Å². The van der Waals surface area contributed by atoms with Crippen LogP contribution in [0.25, 0.3) is 0 Å². The summed E-state index contributed by atoms with van der Waals surface area (Å²) in [4.78, 5) is 17.3. The number of rotatable bonds is 6. The number of nitrogens with zero attached hydrogens (tertiary/aromatic N) is 2. The number of likely N-dealkylation sites (tertiary alicyclic amines) is 2. The van der Waals surface area contributed by atoms with Gasteiger partial charge >= 0.3 is 0 Å². The molecule has 2 aliphatic rings. The van der Waals surface area contributed by atoms with E-state index in [1.807, 2.05) is 0 Å². The maximum Gasteiger partial charge on any atom is 0.237 e. The Hall–Kier alpha value is -1.83. The zero-order valence-corrected chi connectivity index (χ0v) is 16.6. The molecule has 1 aromatic rings. The lowest BCUT2D eigenvalue weighted by molar-refractivity contribution is -0.127. The zero-order chi connectivity index (χ0) is 19.1. The van der Waals surface area contributed by atoms with Crippen LogP contribution in [0.4, 0.5) is 0 Å². The SMILES string of the molecule is C#CCN1CCCCC1C(=O)NCc1ccc(CN2CCCC(C)C2)cc1. The first kappa shape index (κ1) is 19.9. The van der Waals surface area contributed by atoms with Gasteiger partial charge in [-0.25, -0.2) is 0 Å². The molecule has 4 heteroatoms. The van der Waals surface area contributed by atoms with Crippen molar-refractivity contribution in [2.45, 2.75) is 58.2 Å². The second-order valence-corrected chi connectivity index (χ2v) is 8.20. The normalized spacial score (nSPS) is 24.3. The fourth-order valence-corrected chi connectivity index (χ4v) is 4.35. The first-order chi connectivity index (χ1) is 13.2. The van der Waals surface area contributed by atoms with Crippen LogP contribution in [0.3, 0.4) is 0 Å². The van der Waals surface area contributed by atoms with Crippen molar-refractivity contribution in [3.63, 3.8) is 0 Å². The number of terminal acetylenes is 1. The van der Waals surface area contributed by atoms with Crippen molar-refractivity contribution in [1.82, 2.24) is 15.1 Å². The van der Waals surface area contributed by atoms with Crippen LogP contribution in [0.5, 0.6) is 0 Å². The molecule has 0 aliphatic carbocycles. The van der Waals surface area contributed by atoms with Crippen LogP contribution >= 0.6 is 0 Å². The van der Waals surface area contributed by atoms with Gasteiger partial charge in [-0.05, 0) is 55.8 Å². The Labute approximate surface area is 164 Å². The Balaban J connectivity index is 1.48. The molecule has 2 saturated heterocycles. The third kappa shape index (κ3) is 5.82. The van der Waals surface area contributed by atoms with Crippen molar-refractivity contribution in [3.8, 4) is 12.3 Å². The molecule has 0 spiro atoms. The average molecular weight is 368 g/mol. The van der Waals surface area contributed by atoms with Crippen molar-refractivity contribution in [1.29, 1.82) is 0 Å². The maximum absolute atomic E-state index is 12.6. The Bertz CT molecular complexity index is 649. The molecule has 0 aromatic heterocycles. The predicted octanol–water partition coefficient (Wildman–Crippen LogP) is 3.02. The minimum atomic E-state index is -0.0739. The summed E-state index contributed by atoms with van der Waals surface area (Å²) in [6.07, 6.45) is 11.2. The number of carbonyl (C=O) groups is 1.